The van der Waals surface area contributed by atoms with Crippen LogP contribution < -0.4 is 5.32 Å². The molecule has 0 radical (unpaired) electrons. The molecule has 1 aromatic carbocycles. The zero-order chi connectivity index (χ0) is 13.8. The highest BCUT2D eigenvalue weighted by Gasteiger charge is 2.19. The fourth-order valence-electron chi connectivity index (χ4n) is 2.60. The van der Waals surface area contributed by atoms with Crippen LogP contribution in [0.3, 0.4) is 0 Å². The molecule has 1 fully saturated rings. The molecule has 1 N–H and O–H groups in total. The van der Waals surface area contributed by atoms with Crippen LogP contribution in [0.1, 0.15) is 26.7 Å². The van der Waals surface area contributed by atoms with E-state index < -0.39 is 0 Å². The van der Waals surface area contributed by atoms with E-state index in [0.717, 1.165) is 21.1 Å². The summed E-state index contributed by atoms with van der Waals surface area (Å²) >= 11 is 9.54. The minimum absolute atomic E-state index is 0.570. The van der Waals surface area contributed by atoms with Crippen molar-refractivity contribution in [1.82, 2.24) is 4.90 Å². The summed E-state index contributed by atoms with van der Waals surface area (Å²) in [5.41, 5.74) is 1.12. The summed E-state index contributed by atoms with van der Waals surface area (Å²) in [6.07, 6.45) is 2.42. The van der Waals surface area contributed by atoms with Gasteiger partial charge in [-0.25, -0.2) is 0 Å². The lowest BCUT2D eigenvalue weighted by Gasteiger charge is -2.33. The number of anilines is 1. The van der Waals surface area contributed by atoms with Gasteiger partial charge in [-0.2, -0.15) is 0 Å². The lowest BCUT2D eigenvalue weighted by Crippen LogP contribution is -2.40. The highest BCUT2D eigenvalue weighted by Crippen LogP contribution is 2.26. The van der Waals surface area contributed by atoms with Crippen LogP contribution >= 0.6 is 27.5 Å². The quantitative estimate of drug-likeness (QED) is 0.855. The predicted octanol–water partition coefficient (Wildman–Crippen LogP) is 4.63. The summed E-state index contributed by atoms with van der Waals surface area (Å²) < 4.78 is 0.950. The Balaban J connectivity index is 1.83. The molecule has 0 aromatic heterocycles. The van der Waals surface area contributed by atoms with E-state index in [1.165, 1.54) is 32.5 Å². The van der Waals surface area contributed by atoms with E-state index in [1.807, 2.05) is 12.1 Å². The van der Waals surface area contributed by atoms with Gasteiger partial charge in [0.15, 0.2) is 0 Å². The lowest BCUT2D eigenvalue weighted by molar-refractivity contribution is 0.198. The van der Waals surface area contributed by atoms with Crippen molar-refractivity contribution in [3.8, 4) is 0 Å². The molecule has 0 aliphatic carbocycles. The first-order chi connectivity index (χ1) is 9.04. The maximum absolute atomic E-state index is 6.12. The third-order valence-electron chi connectivity index (χ3n) is 3.50. The molecule has 1 heterocycles. The smallest absolute Gasteiger partial charge is 0.0568 e. The standard InChI is InChI=1S/C15H22BrClN2/c1-11(2)10-19-7-5-12(6-8-19)18-13-3-4-14(16)15(17)9-13/h3-4,9,11-12,18H,5-8,10H2,1-2H3. The molecule has 19 heavy (non-hydrogen) atoms. The third-order valence-corrected chi connectivity index (χ3v) is 4.73. The van der Waals surface area contributed by atoms with Gasteiger partial charge >= 0.3 is 0 Å². The first-order valence-corrected chi connectivity index (χ1v) is 8.15. The second-order valence-corrected chi connectivity index (χ2v) is 7.00. The zero-order valence-electron chi connectivity index (χ0n) is 11.6. The fraction of sp³-hybridized carbons (Fsp3) is 0.600. The number of nitrogens with one attached hydrogen (secondary N) is 1. The number of benzene rings is 1. The van der Waals surface area contributed by atoms with Crippen LogP contribution in [0.5, 0.6) is 0 Å². The third kappa shape index (κ3) is 4.66. The second kappa shape index (κ2) is 6.96. The van der Waals surface area contributed by atoms with Crippen molar-refractivity contribution < 1.29 is 0 Å². The molecule has 0 unspecified atom stereocenters. The van der Waals surface area contributed by atoms with Crippen LogP contribution in [0.25, 0.3) is 0 Å². The van der Waals surface area contributed by atoms with E-state index in [2.05, 4.69) is 46.1 Å². The van der Waals surface area contributed by atoms with Gasteiger partial charge in [0.2, 0.25) is 0 Å². The summed E-state index contributed by atoms with van der Waals surface area (Å²) in [5, 5.41) is 4.36. The molecule has 0 bridgehead atoms. The van der Waals surface area contributed by atoms with Gasteiger partial charge in [-0.1, -0.05) is 25.4 Å². The Kier molecular flexibility index (Phi) is 5.55. The van der Waals surface area contributed by atoms with Gasteiger partial charge in [-0.3, -0.25) is 0 Å². The first kappa shape index (κ1) is 15.1. The maximum atomic E-state index is 6.12. The Morgan fingerprint density at radius 1 is 1.37 bits per heavy atom. The maximum Gasteiger partial charge on any atom is 0.0568 e. The zero-order valence-corrected chi connectivity index (χ0v) is 14.0. The number of rotatable bonds is 4. The molecule has 1 aliphatic heterocycles. The Bertz CT molecular complexity index is 415. The molecule has 0 spiro atoms. The van der Waals surface area contributed by atoms with Gasteiger partial charge in [0.05, 0.1) is 5.02 Å². The van der Waals surface area contributed by atoms with Crippen molar-refractivity contribution in [3.63, 3.8) is 0 Å². The average molecular weight is 346 g/mol. The lowest BCUT2D eigenvalue weighted by atomic mass is 10.0. The average Bonchev–Trinajstić information content (AvgIpc) is 2.36. The summed E-state index contributed by atoms with van der Waals surface area (Å²) in [5.74, 6) is 0.759. The highest BCUT2D eigenvalue weighted by molar-refractivity contribution is 9.10. The minimum Gasteiger partial charge on any atom is -0.382 e. The van der Waals surface area contributed by atoms with E-state index in [0.29, 0.717) is 6.04 Å². The molecule has 2 nitrogen and oxygen atoms in total. The van der Waals surface area contributed by atoms with Gasteiger partial charge in [-0.15, -0.1) is 0 Å². The largest absolute Gasteiger partial charge is 0.382 e. The van der Waals surface area contributed by atoms with Crippen LogP contribution in [0.15, 0.2) is 22.7 Å². The number of likely N-dealkylation sites (tertiary alicyclic amines) is 1. The first-order valence-electron chi connectivity index (χ1n) is 6.98. The van der Waals surface area contributed by atoms with Crippen molar-refractivity contribution in [2.75, 3.05) is 25.0 Å². The van der Waals surface area contributed by atoms with E-state index in [-0.39, 0.29) is 0 Å². The van der Waals surface area contributed by atoms with Crippen molar-refractivity contribution in [1.29, 1.82) is 0 Å². The Morgan fingerprint density at radius 2 is 2.05 bits per heavy atom. The van der Waals surface area contributed by atoms with Crippen molar-refractivity contribution >= 4 is 33.2 Å². The number of hydrogen-bond acceptors (Lipinski definition) is 2. The van der Waals surface area contributed by atoms with Crippen LogP contribution in [-0.4, -0.2) is 30.6 Å². The normalized spacial score (nSPS) is 17.9. The van der Waals surface area contributed by atoms with Gasteiger partial charge < -0.3 is 10.2 Å². The number of halogens is 2. The second-order valence-electron chi connectivity index (χ2n) is 5.74. The Morgan fingerprint density at radius 3 is 2.63 bits per heavy atom. The topological polar surface area (TPSA) is 15.3 Å². The van der Waals surface area contributed by atoms with Crippen LogP contribution in [0, 0.1) is 5.92 Å². The van der Waals surface area contributed by atoms with E-state index >= 15 is 0 Å². The molecule has 1 aromatic rings. The van der Waals surface area contributed by atoms with Gasteiger partial charge in [0.25, 0.3) is 0 Å². The molecule has 0 atom stereocenters. The summed E-state index contributed by atoms with van der Waals surface area (Å²) in [7, 11) is 0. The van der Waals surface area contributed by atoms with Gasteiger partial charge in [0, 0.05) is 35.8 Å². The highest BCUT2D eigenvalue weighted by atomic mass is 79.9. The van der Waals surface area contributed by atoms with E-state index in [4.69, 9.17) is 11.6 Å². The Labute approximate surface area is 129 Å². The van der Waals surface area contributed by atoms with Crippen LogP contribution in [0.4, 0.5) is 5.69 Å². The molecule has 0 saturated carbocycles. The summed E-state index contributed by atoms with van der Waals surface area (Å²) in [6.45, 7) is 8.18. The van der Waals surface area contributed by atoms with Gasteiger partial charge in [0.1, 0.15) is 0 Å². The molecule has 1 aliphatic rings. The molecule has 1 saturated heterocycles. The summed E-state index contributed by atoms with van der Waals surface area (Å²) in [6, 6.07) is 6.64. The van der Waals surface area contributed by atoms with E-state index in [1.54, 1.807) is 0 Å². The van der Waals surface area contributed by atoms with Crippen molar-refractivity contribution in [2.24, 2.45) is 5.92 Å². The van der Waals surface area contributed by atoms with Crippen LogP contribution in [-0.2, 0) is 0 Å². The van der Waals surface area contributed by atoms with Crippen molar-refractivity contribution in [3.05, 3.63) is 27.7 Å². The molecule has 4 heteroatoms. The molecule has 0 amide bonds. The monoisotopic (exact) mass is 344 g/mol. The predicted molar refractivity (Wildman–Crippen MR) is 87.1 cm³/mol. The SMILES string of the molecule is CC(C)CN1CCC(Nc2ccc(Br)c(Cl)c2)CC1. The fourth-order valence-corrected chi connectivity index (χ4v) is 3.03. The molecule has 106 valence electrons. The van der Waals surface area contributed by atoms with E-state index in [9.17, 15) is 0 Å². The molecular weight excluding hydrogens is 324 g/mol. The minimum atomic E-state index is 0.570. The molecular formula is C15H22BrClN2. The Hall–Kier alpha value is -0.250. The number of hydrogen-bond donors (Lipinski definition) is 1. The van der Waals surface area contributed by atoms with Crippen LogP contribution in [0.2, 0.25) is 5.02 Å². The molecule has 2 rings (SSSR count). The number of piperidine rings is 1. The number of nitrogens with zero attached hydrogens (tertiary/aromatic N) is 1. The van der Waals surface area contributed by atoms with Gasteiger partial charge in [-0.05, 0) is 52.9 Å². The summed E-state index contributed by atoms with van der Waals surface area (Å²) in [4.78, 5) is 2.57. The van der Waals surface area contributed by atoms with Crippen molar-refractivity contribution in [2.45, 2.75) is 32.7 Å².